The second-order valence-electron chi connectivity index (χ2n) is 4.67. The van der Waals surface area contributed by atoms with Gasteiger partial charge in [0.25, 0.3) is 0 Å². The van der Waals surface area contributed by atoms with E-state index in [0.717, 1.165) is 31.2 Å². The molecule has 0 N–H and O–H groups in total. The Bertz CT molecular complexity index is 395. The number of rotatable bonds is 7. The zero-order valence-electron chi connectivity index (χ0n) is 11.0. The van der Waals surface area contributed by atoms with E-state index >= 15 is 0 Å². The van der Waals surface area contributed by atoms with Crippen LogP contribution in [0.1, 0.15) is 45.1 Å². The molecule has 100 valence electrons. The maximum Gasteiger partial charge on any atom is 0.140 e. The molecule has 1 rings (SSSR count). The first kappa shape index (κ1) is 15.5. The molecule has 0 aliphatic heterocycles. The average Bonchev–Trinajstić information content (AvgIpc) is 2.33. The van der Waals surface area contributed by atoms with Crippen molar-refractivity contribution in [1.29, 1.82) is 0 Å². The summed E-state index contributed by atoms with van der Waals surface area (Å²) in [6.07, 6.45) is 4.53. The van der Waals surface area contributed by atoms with Crippen LogP contribution in [-0.2, 0) is 11.2 Å². The summed E-state index contributed by atoms with van der Waals surface area (Å²) in [6.45, 7) is 4.24. The van der Waals surface area contributed by atoms with Crippen molar-refractivity contribution < 1.29 is 4.79 Å². The van der Waals surface area contributed by atoms with Gasteiger partial charge < -0.3 is 0 Å². The van der Waals surface area contributed by atoms with Gasteiger partial charge in [-0.05, 0) is 30.5 Å². The third-order valence-electron chi connectivity index (χ3n) is 3.09. The number of hydrogen-bond acceptors (Lipinski definition) is 1. The van der Waals surface area contributed by atoms with Gasteiger partial charge in [-0.1, -0.05) is 56.0 Å². The molecule has 0 atom stereocenters. The van der Waals surface area contributed by atoms with Crippen LogP contribution in [0.15, 0.2) is 18.2 Å². The van der Waals surface area contributed by atoms with Gasteiger partial charge >= 0.3 is 0 Å². The quantitative estimate of drug-likeness (QED) is 0.663. The van der Waals surface area contributed by atoms with E-state index in [1.54, 1.807) is 12.1 Å². The number of carbonyl (C=O) groups is 1. The highest BCUT2D eigenvalue weighted by atomic mass is 35.5. The third kappa shape index (κ3) is 4.62. The van der Waals surface area contributed by atoms with E-state index in [4.69, 9.17) is 23.2 Å². The molecule has 0 bridgehead atoms. The number of ketones is 1. The summed E-state index contributed by atoms with van der Waals surface area (Å²) in [7, 11) is 0. The smallest absolute Gasteiger partial charge is 0.140 e. The van der Waals surface area contributed by atoms with Crippen LogP contribution in [0.5, 0.6) is 0 Å². The molecule has 1 aromatic rings. The van der Waals surface area contributed by atoms with Crippen LogP contribution < -0.4 is 0 Å². The van der Waals surface area contributed by atoms with Crippen LogP contribution in [0.25, 0.3) is 0 Å². The van der Waals surface area contributed by atoms with E-state index < -0.39 is 0 Å². The van der Waals surface area contributed by atoms with Gasteiger partial charge in [-0.25, -0.2) is 0 Å². The molecule has 0 spiro atoms. The Hall–Kier alpha value is -0.530. The van der Waals surface area contributed by atoms with Gasteiger partial charge in [-0.15, -0.1) is 0 Å². The number of carbonyl (C=O) groups excluding carboxylic acids is 1. The Labute approximate surface area is 119 Å². The topological polar surface area (TPSA) is 17.1 Å². The molecule has 0 fully saturated rings. The van der Waals surface area contributed by atoms with Gasteiger partial charge in [-0.2, -0.15) is 0 Å². The summed E-state index contributed by atoms with van der Waals surface area (Å²) in [6, 6.07) is 5.42. The van der Waals surface area contributed by atoms with Gasteiger partial charge in [0, 0.05) is 12.3 Å². The lowest BCUT2D eigenvalue weighted by Crippen LogP contribution is -2.16. The SMILES string of the molecule is CCCC(CCC)C(=O)Cc1ccc(Cl)c(Cl)c1. The summed E-state index contributed by atoms with van der Waals surface area (Å²) >= 11 is 11.8. The minimum absolute atomic E-state index is 0.189. The van der Waals surface area contributed by atoms with E-state index in [1.807, 2.05) is 6.07 Å². The summed E-state index contributed by atoms with van der Waals surface area (Å²) in [5, 5.41) is 1.05. The van der Waals surface area contributed by atoms with Gasteiger partial charge in [0.05, 0.1) is 10.0 Å². The van der Waals surface area contributed by atoms with Gasteiger partial charge in [-0.3, -0.25) is 4.79 Å². The van der Waals surface area contributed by atoms with Crippen molar-refractivity contribution in [3.63, 3.8) is 0 Å². The third-order valence-corrected chi connectivity index (χ3v) is 3.83. The maximum atomic E-state index is 12.2. The number of hydrogen-bond donors (Lipinski definition) is 0. The van der Waals surface area contributed by atoms with Crippen molar-refractivity contribution in [2.75, 3.05) is 0 Å². The standard InChI is InChI=1S/C15H20Cl2O/c1-3-5-12(6-4-2)15(18)10-11-7-8-13(16)14(17)9-11/h7-9,12H,3-6,10H2,1-2H3. The van der Waals surface area contributed by atoms with E-state index in [0.29, 0.717) is 22.2 Å². The molecule has 0 heterocycles. The molecule has 1 aromatic carbocycles. The summed E-state index contributed by atoms with van der Waals surface area (Å²) in [5.41, 5.74) is 0.951. The lowest BCUT2D eigenvalue weighted by atomic mass is 9.90. The minimum Gasteiger partial charge on any atom is -0.299 e. The van der Waals surface area contributed by atoms with Crippen LogP contribution in [0.3, 0.4) is 0 Å². The van der Waals surface area contributed by atoms with Gasteiger partial charge in [0.15, 0.2) is 0 Å². The number of Topliss-reactive ketones (excluding diaryl/α,β-unsaturated/α-hetero) is 1. The lowest BCUT2D eigenvalue weighted by Gasteiger charge is -2.14. The van der Waals surface area contributed by atoms with Crippen LogP contribution >= 0.6 is 23.2 Å². The molecular weight excluding hydrogens is 267 g/mol. The zero-order valence-corrected chi connectivity index (χ0v) is 12.5. The van der Waals surface area contributed by atoms with Crippen molar-refractivity contribution in [3.05, 3.63) is 33.8 Å². The van der Waals surface area contributed by atoms with Gasteiger partial charge in [0.1, 0.15) is 5.78 Å². The summed E-state index contributed by atoms with van der Waals surface area (Å²) in [5.74, 6) is 0.506. The van der Waals surface area contributed by atoms with Crippen molar-refractivity contribution in [2.24, 2.45) is 5.92 Å². The Morgan fingerprint density at radius 1 is 1.11 bits per heavy atom. The molecule has 1 nitrogen and oxygen atoms in total. The van der Waals surface area contributed by atoms with E-state index in [1.165, 1.54) is 0 Å². The first-order valence-corrected chi connectivity index (χ1v) is 7.30. The zero-order chi connectivity index (χ0) is 13.5. The van der Waals surface area contributed by atoms with Crippen molar-refractivity contribution >= 4 is 29.0 Å². The van der Waals surface area contributed by atoms with Crippen LogP contribution in [0.2, 0.25) is 10.0 Å². The highest BCUT2D eigenvalue weighted by molar-refractivity contribution is 6.42. The molecule has 0 aromatic heterocycles. The molecule has 3 heteroatoms. The average molecular weight is 287 g/mol. The van der Waals surface area contributed by atoms with Gasteiger partial charge in [0.2, 0.25) is 0 Å². The Kier molecular flexibility index (Phi) is 6.73. The molecule has 0 saturated heterocycles. The molecule has 0 amide bonds. The predicted molar refractivity (Wildman–Crippen MR) is 78.5 cm³/mol. The normalized spacial score (nSPS) is 10.9. The first-order valence-electron chi connectivity index (χ1n) is 6.55. The maximum absolute atomic E-state index is 12.2. The summed E-state index contributed by atoms with van der Waals surface area (Å²) < 4.78 is 0. The second kappa shape index (κ2) is 7.81. The number of halogens is 2. The summed E-state index contributed by atoms with van der Waals surface area (Å²) in [4.78, 5) is 12.2. The molecule has 0 unspecified atom stereocenters. The molecule has 0 radical (unpaired) electrons. The first-order chi connectivity index (χ1) is 8.58. The van der Waals surface area contributed by atoms with Crippen molar-refractivity contribution in [3.8, 4) is 0 Å². The predicted octanol–water partition coefficient (Wildman–Crippen LogP) is 5.32. The fourth-order valence-corrected chi connectivity index (χ4v) is 2.48. The molecule has 0 aliphatic carbocycles. The number of benzene rings is 1. The van der Waals surface area contributed by atoms with E-state index in [-0.39, 0.29) is 5.92 Å². The highest BCUT2D eigenvalue weighted by Crippen LogP contribution is 2.24. The molecule has 0 aliphatic rings. The van der Waals surface area contributed by atoms with Crippen LogP contribution in [0, 0.1) is 5.92 Å². The van der Waals surface area contributed by atoms with Crippen molar-refractivity contribution in [2.45, 2.75) is 46.0 Å². The van der Waals surface area contributed by atoms with Crippen LogP contribution in [-0.4, -0.2) is 5.78 Å². The van der Waals surface area contributed by atoms with Crippen LogP contribution in [0.4, 0.5) is 0 Å². The highest BCUT2D eigenvalue weighted by Gasteiger charge is 2.17. The molecule has 0 saturated carbocycles. The van der Waals surface area contributed by atoms with E-state index in [2.05, 4.69) is 13.8 Å². The Morgan fingerprint density at radius 3 is 2.22 bits per heavy atom. The monoisotopic (exact) mass is 286 g/mol. The fourth-order valence-electron chi connectivity index (χ4n) is 2.16. The molecule has 18 heavy (non-hydrogen) atoms. The molecular formula is C15H20Cl2O. The van der Waals surface area contributed by atoms with E-state index in [9.17, 15) is 4.79 Å². The Morgan fingerprint density at radius 2 is 1.72 bits per heavy atom. The largest absolute Gasteiger partial charge is 0.299 e. The minimum atomic E-state index is 0.189. The second-order valence-corrected chi connectivity index (χ2v) is 5.48. The fraction of sp³-hybridized carbons (Fsp3) is 0.533. The van der Waals surface area contributed by atoms with Crippen molar-refractivity contribution in [1.82, 2.24) is 0 Å². The Balaban J connectivity index is 2.69. The lowest BCUT2D eigenvalue weighted by molar-refractivity contribution is -0.122.